The fourth-order valence-electron chi connectivity index (χ4n) is 8.12. The summed E-state index contributed by atoms with van der Waals surface area (Å²) in [4.78, 5) is 10.3. The summed E-state index contributed by atoms with van der Waals surface area (Å²) in [5.74, 6) is -0.118. The standard InChI is InChI=1S/C56H57N3O/c1-33(2)42-26-43(34(3)4)28-44(27-42)40-19-20-51(37(7)25-40)59-52-14-12-13-48(53(52)58-55(59)49-24-36(6)23-38(8)54(49)60)45-29-46(31-47(30-45)56(9,10)11)50-32-41(21-22-57-50)39-17-15-35(5)16-18-39/h12-34,60H,1-11H3/i7D3,33D. The molecule has 0 aliphatic rings. The number of para-hydroxylation sites is 1. The second kappa shape index (κ2) is 15.7. The average Bonchev–Trinajstić information content (AvgIpc) is 3.63. The summed E-state index contributed by atoms with van der Waals surface area (Å²) >= 11 is 0. The summed E-state index contributed by atoms with van der Waals surface area (Å²) in [6.07, 6.45) is 1.86. The summed E-state index contributed by atoms with van der Waals surface area (Å²) in [6, 6.07) is 41.0. The van der Waals surface area contributed by atoms with E-state index in [1.54, 1.807) is 6.07 Å². The van der Waals surface area contributed by atoms with Gasteiger partial charge in [0.1, 0.15) is 11.6 Å². The second-order valence-electron chi connectivity index (χ2n) is 18.0. The lowest BCUT2D eigenvalue weighted by Crippen LogP contribution is -2.11. The van der Waals surface area contributed by atoms with Gasteiger partial charge in [0.15, 0.2) is 0 Å². The highest BCUT2D eigenvalue weighted by molar-refractivity contribution is 5.97. The molecule has 0 radical (unpaired) electrons. The third kappa shape index (κ3) is 7.79. The highest BCUT2D eigenvalue weighted by atomic mass is 16.3. The molecule has 4 nitrogen and oxygen atoms in total. The van der Waals surface area contributed by atoms with Gasteiger partial charge in [-0.25, -0.2) is 4.98 Å². The number of aryl methyl sites for hydroxylation is 4. The van der Waals surface area contributed by atoms with Crippen molar-refractivity contribution in [3.8, 4) is 67.5 Å². The van der Waals surface area contributed by atoms with Crippen molar-refractivity contribution < 1.29 is 10.6 Å². The van der Waals surface area contributed by atoms with Gasteiger partial charge in [-0.3, -0.25) is 9.55 Å². The summed E-state index contributed by atoms with van der Waals surface area (Å²) in [6.45, 7) is 18.0. The first-order valence-corrected chi connectivity index (χ1v) is 20.9. The van der Waals surface area contributed by atoms with Crippen molar-refractivity contribution in [1.29, 1.82) is 0 Å². The smallest absolute Gasteiger partial charge is 0.149 e. The number of aromatic hydroxyl groups is 1. The van der Waals surface area contributed by atoms with Crippen LogP contribution in [-0.4, -0.2) is 19.6 Å². The molecule has 8 aromatic rings. The Hall–Kier alpha value is -6.26. The Morgan fingerprint density at radius 1 is 0.633 bits per heavy atom. The van der Waals surface area contributed by atoms with E-state index in [-0.39, 0.29) is 22.6 Å². The SMILES string of the molecule is [2H]C([2H])([2H])c1cc(-c2cc(C(C)C)cc(C([2H])(C)C)c2)ccc1-n1c(-c2cc(C)cc(C)c2O)nc2c(-c3cc(-c4cc(-c5ccc(C)cc5)ccn4)cc(C(C)(C)C)c3)cccc21. The van der Waals surface area contributed by atoms with Crippen LogP contribution in [-0.2, 0) is 5.41 Å². The number of fused-ring (bicyclic) bond motifs is 1. The minimum absolute atomic E-state index is 0.0864. The van der Waals surface area contributed by atoms with Crippen molar-refractivity contribution in [2.45, 2.75) is 93.3 Å². The van der Waals surface area contributed by atoms with Gasteiger partial charge in [0.25, 0.3) is 0 Å². The third-order valence-corrected chi connectivity index (χ3v) is 11.7. The van der Waals surface area contributed by atoms with Crippen LogP contribution in [0.3, 0.4) is 0 Å². The summed E-state index contributed by atoms with van der Waals surface area (Å²) in [5.41, 5.74) is 15.6. The van der Waals surface area contributed by atoms with Crippen LogP contribution in [0.25, 0.3) is 72.7 Å². The highest BCUT2D eigenvalue weighted by Gasteiger charge is 2.24. The Morgan fingerprint density at radius 3 is 2.07 bits per heavy atom. The molecule has 0 bridgehead atoms. The molecule has 1 N–H and O–H groups in total. The molecule has 8 rings (SSSR count). The zero-order valence-corrected chi connectivity index (χ0v) is 36.5. The first kappa shape index (κ1) is 35.7. The molecule has 302 valence electrons. The Balaban J connectivity index is 1.39. The number of aromatic nitrogens is 3. The molecule has 0 fully saturated rings. The minimum atomic E-state index is -2.52. The molecule has 4 heteroatoms. The third-order valence-electron chi connectivity index (χ3n) is 11.7. The lowest BCUT2D eigenvalue weighted by molar-refractivity contribution is 0.472. The van der Waals surface area contributed by atoms with Crippen LogP contribution in [0.5, 0.6) is 5.75 Å². The van der Waals surface area contributed by atoms with Crippen molar-refractivity contribution in [2.24, 2.45) is 0 Å². The summed E-state index contributed by atoms with van der Waals surface area (Å²) in [5, 5.41) is 11.8. The van der Waals surface area contributed by atoms with E-state index in [2.05, 4.69) is 108 Å². The van der Waals surface area contributed by atoms with Crippen molar-refractivity contribution >= 4 is 11.0 Å². The number of benzene rings is 6. The van der Waals surface area contributed by atoms with Gasteiger partial charge >= 0.3 is 0 Å². The maximum Gasteiger partial charge on any atom is 0.149 e. The number of hydrogen-bond donors (Lipinski definition) is 1. The number of nitrogens with zero attached hydrogens (tertiary/aromatic N) is 3. The largest absolute Gasteiger partial charge is 0.507 e. The zero-order chi connectivity index (χ0) is 46.0. The fraction of sp³-hybridized carbons (Fsp3) is 0.250. The van der Waals surface area contributed by atoms with Crippen molar-refractivity contribution in [1.82, 2.24) is 14.5 Å². The van der Waals surface area contributed by atoms with Gasteiger partial charge in [-0.15, -0.1) is 0 Å². The summed E-state index contributed by atoms with van der Waals surface area (Å²) in [7, 11) is 0. The number of phenolic OH excluding ortho intramolecular Hbond substituents is 1. The molecule has 0 atom stereocenters. The molecule has 60 heavy (non-hydrogen) atoms. The van der Waals surface area contributed by atoms with Crippen LogP contribution in [0.4, 0.5) is 0 Å². The molecule has 2 heterocycles. The Morgan fingerprint density at radius 2 is 1.35 bits per heavy atom. The van der Waals surface area contributed by atoms with Crippen LogP contribution in [0.1, 0.15) is 105 Å². The number of rotatable bonds is 8. The number of pyridine rings is 1. The topological polar surface area (TPSA) is 50.9 Å². The van der Waals surface area contributed by atoms with Crippen LogP contribution in [0.2, 0.25) is 0 Å². The Labute approximate surface area is 362 Å². The molecule has 0 unspecified atom stereocenters. The van der Waals surface area contributed by atoms with E-state index in [9.17, 15) is 5.11 Å². The van der Waals surface area contributed by atoms with Crippen molar-refractivity contribution in [3.63, 3.8) is 0 Å². The molecular weight excluding hydrogens is 731 g/mol. The molecule has 0 saturated heterocycles. The maximum absolute atomic E-state index is 11.8. The molecule has 0 aliphatic heterocycles. The van der Waals surface area contributed by atoms with E-state index < -0.39 is 12.7 Å². The molecule has 0 aliphatic carbocycles. The van der Waals surface area contributed by atoms with E-state index in [4.69, 9.17) is 15.5 Å². The van der Waals surface area contributed by atoms with Gasteiger partial charge in [0.2, 0.25) is 0 Å². The molecule has 0 spiro atoms. The van der Waals surface area contributed by atoms with E-state index in [0.717, 1.165) is 66.9 Å². The second-order valence-corrected chi connectivity index (χ2v) is 18.0. The van der Waals surface area contributed by atoms with Gasteiger partial charge in [-0.05, 0) is 155 Å². The summed E-state index contributed by atoms with van der Waals surface area (Å²) < 4.78 is 37.7. The fourth-order valence-corrected chi connectivity index (χ4v) is 8.12. The van der Waals surface area contributed by atoms with Crippen LogP contribution in [0, 0.1) is 27.6 Å². The normalized spacial score (nSPS) is 13.3. The van der Waals surface area contributed by atoms with Gasteiger partial charge in [0.05, 0.1) is 28.0 Å². The van der Waals surface area contributed by atoms with Gasteiger partial charge < -0.3 is 5.11 Å². The quantitative estimate of drug-likeness (QED) is 0.167. The average molecular weight is 792 g/mol. The van der Waals surface area contributed by atoms with E-state index in [1.807, 2.05) is 87.0 Å². The predicted molar refractivity (Wildman–Crippen MR) is 254 cm³/mol. The molecule has 6 aromatic carbocycles. The zero-order valence-electron chi connectivity index (χ0n) is 40.5. The van der Waals surface area contributed by atoms with Gasteiger partial charge in [-0.2, -0.15) is 0 Å². The first-order valence-electron chi connectivity index (χ1n) is 22.9. The highest BCUT2D eigenvalue weighted by Crippen LogP contribution is 2.42. The lowest BCUT2D eigenvalue weighted by Gasteiger charge is -2.22. The molecule has 0 saturated carbocycles. The van der Waals surface area contributed by atoms with Crippen LogP contribution in [0.15, 0.2) is 128 Å². The minimum Gasteiger partial charge on any atom is -0.507 e. The van der Waals surface area contributed by atoms with E-state index in [0.29, 0.717) is 33.7 Å². The number of phenols is 1. The Bertz CT molecular complexity index is 3070. The van der Waals surface area contributed by atoms with Gasteiger partial charge in [0, 0.05) is 22.8 Å². The molecule has 0 amide bonds. The van der Waals surface area contributed by atoms with Crippen molar-refractivity contribution in [2.75, 3.05) is 0 Å². The lowest BCUT2D eigenvalue weighted by atomic mass is 9.83. The molecule has 2 aromatic heterocycles. The number of hydrogen-bond acceptors (Lipinski definition) is 3. The van der Waals surface area contributed by atoms with E-state index >= 15 is 0 Å². The number of imidazole rings is 1. The van der Waals surface area contributed by atoms with E-state index in [1.165, 1.54) is 5.56 Å². The van der Waals surface area contributed by atoms with Gasteiger partial charge in [-0.1, -0.05) is 127 Å². The van der Waals surface area contributed by atoms with Crippen LogP contribution >= 0.6 is 0 Å². The molecular formula is C56H57N3O. The van der Waals surface area contributed by atoms with Crippen LogP contribution < -0.4 is 0 Å². The first-order chi connectivity index (χ1) is 30.1. The maximum atomic E-state index is 11.8. The predicted octanol–water partition coefficient (Wildman–Crippen LogP) is 15.2. The monoisotopic (exact) mass is 791 g/mol. The Kier molecular flexibility index (Phi) is 9.35. The van der Waals surface area contributed by atoms with Crippen molar-refractivity contribution in [3.05, 3.63) is 166 Å².